The average molecular weight is 362 g/mol. The summed E-state index contributed by atoms with van der Waals surface area (Å²) in [6.45, 7) is 8.40. The van der Waals surface area contributed by atoms with Crippen molar-refractivity contribution >= 4 is 21.8 Å². The molecule has 0 aliphatic rings. The quantitative estimate of drug-likeness (QED) is 0.696. The van der Waals surface area contributed by atoms with Crippen LogP contribution in [0.4, 0.5) is 8.78 Å². The Hall–Kier alpha value is -0.970. The molecule has 0 aromatic heterocycles. The molecule has 1 aromatic carbocycles. The third-order valence-electron chi connectivity index (χ3n) is 3.43. The Bertz CT molecular complexity index is 478. The second-order valence-electron chi connectivity index (χ2n) is 5.57. The molecule has 21 heavy (non-hydrogen) atoms. The molecule has 1 aromatic rings. The lowest BCUT2D eigenvalue weighted by Crippen LogP contribution is -2.42. The van der Waals surface area contributed by atoms with Crippen molar-refractivity contribution in [2.75, 3.05) is 6.54 Å². The lowest BCUT2D eigenvalue weighted by Gasteiger charge is -2.32. The van der Waals surface area contributed by atoms with E-state index in [0.29, 0.717) is 6.54 Å². The van der Waals surface area contributed by atoms with Gasteiger partial charge in [0.15, 0.2) is 0 Å². The summed E-state index contributed by atoms with van der Waals surface area (Å²) < 4.78 is 28.3. The number of benzene rings is 1. The van der Waals surface area contributed by atoms with Gasteiger partial charge in [-0.2, -0.15) is 0 Å². The standard InChI is InChI=1S/C16H22BrF2NO/c1-5-12(6-2)20(9-10(3)4)16(21)15-13(18)7-11(17)8-14(15)19/h7-8,10,12H,5-6,9H2,1-4H3. The van der Waals surface area contributed by atoms with E-state index in [0.717, 1.165) is 25.0 Å². The van der Waals surface area contributed by atoms with Crippen molar-refractivity contribution in [1.29, 1.82) is 0 Å². The predicted octanol–water partition coefficient (Wildman–Crippen LogP) is 5.01. The Balaban J connectivity index is 3.22. The first kappa shape index (κ1) is 18.1. The van der Waals surface area contributed by atoms with Crippen molar-refractivity contribution in [3.63, 3.8) is 0 Å². The second-order valence-corrected chi connectivity index (χ2v) is 6.48. The number of nitrogens with zero attached hydrogens (tertiary/aromatic N) is 1. The number of halogens is 3. The minimum absolute atomic E-state index is 0.0117. The minimum atomic E-state index is -0.827. The first-order valence-corrected chi connectivity index (χ1v) is 8.06. The number of rotatable bonds is 6. The van der Waals surface area contributed by atoms with Crippen molar-refractivity contribution in [2.45, 2.75) is 46.6 Å². The highest BCUT2D eigenvalue weighted by Gasteiger charge is 2.28. The molecule has 0 unspecified atom stereocenters. The van der Waals surface area contributed by atoms with Crippen LogP contribution in [0.15, 0.2) is 16.6 Å². The lowest BCUT2D eigenvalue weighted by atomic mass is 10.0. The third-order valence-corrected chi connectivity index (χ3v) is 3.88. The molecule has 0 heterocycles. The van der Waals surface area contributed by atoms with Gasteiger partial charge >= 0.3 is 0 Å². The summed E-state index contributed by atoms with van der Waals surface area (Å²) >= 11 is 3.02. The van der Waals surface area contributed by atoms with Crippen molar-refractivity contribution in [3.8, 4) is 0 Å². The molecule has 118 valence electrons. The van der Waals surface area contributed by atoms with Crippen LogP contribution < -0.4 is 0 Å². The molecular formula is C16H22BrF2NO. The Labute approximate surface area is 133 Å². The zero-order valence-electron chi connectivity index (χ0n) is 12.9. The number of amides is 1. The summed E-state index contributed by atoms with van der Waals surface area (Å²) in [5, 5.41) is 0. The fraction of sp³-hybridized carbons (Fsp3) is 0.562. The van der Waals surface area contributed by atoms with Gasteiger partial charge in [-0.15, -0.1) is 0 Å². The Kier molecular flexibility index (Phi) is 6.78. The zero-order chi connectivity index (χ0) is 16.2. The molecule has 0 bridgehead atoms. The van der Waals surface area contributed by atoms with Crippen molar-refractivity contribution in [2.24, 2.45) is 5.92 Å². The van der Waals surface area contributed by atoms with Gasteiger partial charge in [-0.05, 0) is 30.9 Å². The molecule has 0 fully saturated rings. The van der Waals surface area contributed by atoms with Gasteiger partial charge in [0, 0.05) is 17.1 Å². The highest BCUT2D eigenvalue weighted by molar-refractivity contribution is 9.10. The molecule has 0 aliphatic carbocycles. The van der Waals surface area contributed by atoms with E-state index in [4.69, 9.17) is 0 Å². The van der Waals surface area contributed by atoms with E-state index in [1.54, 1.807) is 4.90 Å². The summed E-state index contributed by atoms with van der Waals surface area (Å²) in [4.78, 5) is 14.2. The van der Waals surface area contributed by atoms with Crippen molar-refractivity contribution in [3.05, 3.63) is 33.8 Å². The summed E-state index contributed by atoms with van der Waals surface area (Å²) in [7, 11) is 0. The second kappa shape index (κ2) is 7.87. The maximum atomic E-state index is 14.0. The average Bonchev–Trinajstić information content (AvgIpc) is 2.37. The fourth-order valence-electron chi connectivity index (χ4n) is 2.41. The smallest absolute Gasteiger partial charge is 0.260 e. The van der Waals surface area contributed by atoms with Crippen LogP contribution >= 0.6 is 15.9 Å². The van der Waals surface area contributed by atoms with Gasteiger partial charge in [0.05, 0.1) is 0 Å². The van der Waals surface area contributed by atoms with Gasteiger partial charge in [0.25, 0.3) is 5.91 Å². The van der Waals surface area contributed by atoms with Crippen molar-refractivity contribution < 1.29 is 13.6 Å². The molecular weight excluding hydrogens is 340 g/mol. The topological polar surface area (TPSA) is 20.3 Å². The van der Waals surface area contributed by atoms with Crippen LogP contribution in [0.25, 0.3) is 0 Å². The van der Waals surface area contributed by atoms with E-state index < -0.39 is 23.1 Å². The van der Waals surface area contributed by atoms with Crippen LogP contribution in [-0.2, 0) is 0 Å². The maximum absolute atomic E-state index is 14.0. The predicted molar refractivity (Wildman–Crippen MR) is 84.3 cm³/mol. The molecule has 0 radical (unpaired) electrons. The van der Waals surface area contributed by atoms with E-state index in [9.17, 15) is 13.6 Å². The molecule has 0 N–H and O–H groups in total. The van der Waals surface area contributed by atoms with Gasteiger partial charge in [0.1, 0.15) is 17.2 Å². The number of carbonyl (C=O) groups excluding carboxylic acids is 1. The molecule has 1 amide bonds. The molecule has 0 saturated heterocycles. The fourth-order valence-corrected chi connectivity index (χ4v) is 2.81. The van der Waals surface area contributed by atoms with E-state index in [1.165, 1.54) is 0 Å². The molecule has 5 heteroatoms. The van der Waals surface area contributed by atoms with Crippen molar-refractivity contribution in [1.82, 2.24) is 4.90 Å². The monoisotopic (exact) mass is 361 g/mol. The summed E-state index contributed by atoms with van der Waals surface area (Å²) in [5.74, 6) is -1.99. The molecule has 0 aliphatic heterocycles. The van der Waals surface area contributed by atoms with Crippen LogP contribution in [0.5, 0.6) is 0 Å². The highest BCUT2D eigenvalue weighted by Crippen LogP contribution is 2.23. The maximum Gasteiger partial charge on any atom is 0.260 e. The largest absolute Gasteiger partial charge is 0.335 e. The number of hydrogen-bond acceptors (Lipinski definition) is 1. The van der Waals surface area contributed by atoms with Gasteiger partial charge < -0.3 is 4.90 Å². The Morgan fingerprint density at radius 2 is 1.67 bits per heavy atom. The molecule has 0 atom stereocenters. The van der Waals surface area contributed by atoms with Gasteiger partial charge in [0.2, 0.25) is 0 Å². The van der Waals surface area contributed by atoms with Gasteiger partial charge in [-0.3, -0.25) is 4.79 Å². The van der Waals surface area contributed by atoms with Crippen LogP contribution in [-0.4, -0.2) is 23.4 Å². The SMILES string of the molecule is CCC(CC)N(CC(C)C)C(=O)c1c(F)cc(Br)cc1F. The van der Waals surface area contributed by atoms with Gasteiger partial charge in [-0.25, -0.2) is 8.78 Å². The van der Waals surface area contributed by atoms with Gasteiger partial charge in [-0.1, -0.05) is 43.6 Å². The van der Waals surface area contributed by atoms with E-state index >= 15 is 0 Å². The Morgan fingerprint density at radius 3 is 2.05 bits per heavy atom. The molecule has 1 rings (SSSR count). The number of carbonyl (C=O) groups is 1. The lowest BCUT2D eigenvalue weighted by molar-refractivity contribution is 0.0630. The summed E-state index contributed by atoms with van der Waals surface area (Å²) in [6.07, 6.45) is 1.52. The van der Waals surface area contributed by atoms with Crippen LogP contribution in [0.2, 0.25) is 0 Å². The minimum Gasteiger partial charge on any atom is -0.335 e. The van der Waals surface area contributed by atoms with Crippen LogP contribution in [0, 0.1) is 17.6 Å². The third kappa shape index (κ3) is 4.50. The highest BCUT2D eigenvalue weighted by atomic mass is 79.9. The summed E-state index contributed by atoms with van der Waals surface area (Å²) in [6, 6.07) is 2.23. The first-order chi connectivity index (χ1) is 9.81. The van der Waals surface area contributed by atoms with Crippen LogP contribution in [0.1, 0.15) is 50.9 Å². The van der Waals surface area contributed by atoms with Crippen LogP contribution in [0.3, 0.4) is 0 Å². The normalized spacial score (nSPS) is 11.3. The zero-order valence-corrected chi connectivity index (χ0v) is 14.5. The van der Waals surface area contributed by atoms with E-state index in [1.807, 2.05) is 27.7 Å². The van der Waals surface area contributed by atoms with E-state index in [2.05, 4.69) is 15.9 Å². The molecule has 0 saturated carbocycles. The van der Waals surface area contributed by atoms with E-state index in [-0.39, 0.29) is 16.4 Å². The first-order valence-electron chi connectivity index (χ1n) is 7.27. The Morgan fingerprint density at radius 1 is 1.19 bits per heavy atom. The molecule has 0 spiro atoms. The number of hydrogen-bond donors (Lipinski definition) is 0. The summed E-state index contributed by atoms with van der Waals surface area (Å²) in [5.41, 5.74) is -0.467. The molecule has 2 nitrogen and oxygen atoms in total.